The molecule has 1 amide bonds. The third-order valence-corrected chi connectivity index (χ3v) is 6.45. The van der Waals surface area contributed by atoms with E-state index in [-0.39, 0.29) is 36.3 Å². The Morgan fingerprint density at radius 2 is 1.87 bits per heavy atom. The van der Waals surface area contributed by atoms with E-state index < -0.39 is 58.0 Å². The summed E-state index contributed by atoms with van der Waals surface area (Å²) in [5.74, 6) is -7.25. The lowest BCUT2D eigenvalue weighted by atomic mass is 9.59. The maximum atomic E-state index is 13.2. The average molecular weight is 415 g/mol. The first kappa shape index (κ1) is 20.1. The molecule has 0 saturated heterocycles. The van der Waals surface area contributed by atoms with Crippen molar-refractivity contribution in [2.24, 2.45) is 29.0 Å². The van der Waals surface area contributed by atoms with E-state index >= 15 is 0 Å². The van der Waals surface area contributed by atoms with Crippen molar-refractivity contribution < 1.29 is 34.8 Å². The summed E-state index contributed by atoms with van der Waals surface area (Å²) in [6, 6.07) is 1.54. The Bertz CT molecular complexity index is 1090. The Morgan fingerprint density at radius 3 is 2.47 bits per heavy atom. The number of carbonyl (C=O) groups excluding carboxylic acids is 3. The van der Waals surface area contributed by atoms with Gasteiger partial charge in [-0.25, -0.2) is 0 Å². The molecular formula is C20H21N3O7. The Morgan fingerprint density at radius 1 is 1.20 bits per heavy atom. The van der Waals surface area contributed by atoms with Gasteiger partial charge < -0.3 is 37.6 Å². The van der Waals surface area contributed by atoms with Gasteiger partial charge in [-0.15, -0.1) is 0 Å². The second-order valence-corrected chi connectivity index (χ2v) is 7.88. The monoisotopic (exact) mass is 415 g/mol. The van der Waals surface area contributed by atoms with Crippen molar-refractivity contribution in [3.05, 3.63) is 51.5 Å². The largest absolute Gasteiger partial charge is 0.510 e. The van der Waals surface area contributed by atoms with Gasteiger partial charge in [0.05, 0.1) is 11.6 Å². The summed E-state index contributed by atoms with van der Waals surface area (Å²) in [4.78, 5) is 37.8. The molecule has 4 rings (SSSR count). The fraction of sp³-hybridized carbons (Fsp3) is 0.350. The van der Waals surface area contributed by atoms with Crippen molar-refractivity contribution in [1.29, 1.82) is 0 Å². The fourth-order valence-electron chi connectivity index (χ4n) is 4.97. The normalized spacial score (nSPS) is 30.7. The number of ketones is 2. The zero-order valence-corrected chi connectivity index (χ0v) is 15.8. The first-order chi connectivity index (χ1) is 14.0. The summed E-state index contributed by atoms with van der Waals surface area (Å²) in [5, 5.41) is 42.6. The third kappa shape index (κ3) is 2.32. The number of Topliss-reactive ketones (excluding diaryl/α,β-unsaturated/α-hetero) is 2. The van der Waals surface area contributed by atoms with Crippen molar-refractivity contribution in [3.63, 3.8) is 0 Å². The molecule has 3 aliphatic carbocycles. The molecule has 0 spiro atoms. The van der Waals surface area contributed by atoms with Crippen LogP contribution in [0, 0.1) is 11.8 Å². The van der Waals surface area contributed by atoms with Crippen LogP contribution >= 0.6 is 0 Å². The Kier molecular flexibility index (Phi) is 4.28. The molecule has 3 aliphatic rings. The molecule has 1 aromatic carbocycles. The van der Waals surface area contributed by atoms with Crippen LogP contribution in [0.4, 0.5) is 0 Å². The van der Waals surface area contributed by atoms with Crippen LogP contribution < -0.4 is 17.2 Å². The van der Waals surface area contributed by atoms with E-state index in [1.54, 1.807) is 6.07 Å². The second kappa shape index (κ2) is 6.39. The van der Waals surface area contributed by atoms with Gasteiger partial charge in [-0.1, -0.05) is 6.07 Å². The molecule has 0 saturated carbocycles. The number of hydrogen-bond donors (Lipinski definition) is 7. The van der Waals surface area contributed by atoms with E-state index in [2.05, 4.69) is 0 Å². The number of primary amides is 1. The summed E-state index contributed by atoms with van der Waals surface area (Å²) < 4.78 is 0. The van der Waals surface area contributed by atoms with E-state index in [0.29, 0.717) is 11.1 Å². The standard InChI is InChI=1S/C20H21N3O7/c21-5-6-1-2-10(24)12-8(6)3-7-4-9-14(22)16(26)13(19(23)29)18(28)20(9,30)17(27)11(7)15(12)25/h1-2,7,9,14,24,26-27,30H,3-5,21-22H2,(H2,23,29)/t7?,9?,14-,20-/m0/s1. The average Bonchev–Trinajstić information content (AvgIpc) is 2.68. The lowest BCUT2D eigenvalue weighted by Crippen LogP contribution is -2.63. The van der Waals surface area contributed by atoms with Crippen LogP contribution in [0.5, 0.6) is 5.75 Å². The summed E-state index contributed by atoms with van der Waals surface area (Å²) in [5.41, 5.74) is 14.2. The van der Waals surface area contributed by atoms with Crippen molar-refractivity contribution in [1.82, 2.24) is 0 Å². The van der Waals surface area contributed by atoms with E-state index in [1.807, 2.05) is 0 Å². The first-order valence-corrected chi connectivity index (χ1v) is 9.33. The predicted octanol–water partition coefficient (Wildman–Crippen LogP) is -1.02. The quantitative estimate of drug-likeness (QED) is 0.294. The lowest BCUT2D eigenvalue weighted by Gasteiger charge is -2.47. The fourth-order valence-corrected chi connectivity index (χ4v) is 4.97. The van der Waals surface area contributed by atoms with Gasteiger partial charge in [0.1, 0.15) is 22.8 Å². The molecule has 158 valence electrons. The van der Waals surface area contributed by atoms with E-state index in [9.17, 15) is 34.8 Å². The van der Waals surface area contributed by atoms with Crippen LogP contribution in [-0.4, -0.2) is 49.5 Å². The minimum Gasteiger partial charge on any atom is -0.510 e. The summed E-state index contributed by atoms with van der Waals surface area (Å²) in [6.07, 6.45) is 0.159. The molecule has 4 atom stereocenters. The Labute approximate surface area is 170 Å². The van der Waals surface area contributed by atoms with Gasteiger partial charge in [-0.3, -0.25) is 14.4 Å². The number of rotatable bonds is 2. The molecule has 10 heteroatoms. The number of aliphatic hydroxyl groups is 3. The minimum absolute atomic E-state index is 0.0379. The molecule has 0 fully saturated rings. The summed E-state index contributed by atoms with van der Waals surface area (Å²) >= 11 is 0. The lowest BCUT2D eigenvalue weighted by molar-refractivity contribution is -0.145. The number of phenols is 1. The number of fused-ring (bicyclic) bond motifs is 3. The zero-order valence-electron chi connectivity index (χ0n) is 15.8. The van der Waals surface area contributed by atoms with Gasteiger partial charge in [-0.2, -0.15) is 0 Å². The molecular weight excluding hydrogens is 394 g/mol. The molecule has 10 N–H and O–H groups in total. The molecule has 10 nitrogen and oxygen atoms in total. The predicted molar refractivity (Wildman–Crippen MR) is 102 cm³/mol. The smallest absolute Gasteiger partial charge is 0.255 e. The Balaban J connectivity index is 1.95. The molecule has 0 radical (unpaired) electrons. The van der Waals surface area contributed by atoms with Crippen molar-refractivity contribution in [2.75, 3.05) is 0 Å². The highest BCUT2D eigenvalue weighted by atomic mass is 16.3. The number of carbonyl (C=O) groups is 3. The van der Waals surface area contributed by atoms with Crippen LogP contribution in [0.25, 0.3) is 0 Å². The summed E-state index contributed by atoms with van der Waals surface area (Å²) in [7, 11) is 0. The van der Waals surface area contributed by atoms with Crippen LogP contribution in [0.3, 0.4) is 0 Å². The van der Waals surface area contributed by atoms with Gasteiger partial charge in [0.2, 0.25) is 5.78 Å². The SMILES string of the molecule is NCc1ccc(O)c2c1CC1CC3[C@H](N)C(O)=C(C(N)=O)C(=O)[C@@]3(O)C(O)=C1C2=O. The van der Waals surface area contributed by atoms with E-state index in [1.165, 1.54) is 6.07 Å². The van der Waals surface area contributed by atoms with Crippen molar-refractivity contribution >= 4 is 17.5 Å². The molecule has 30 heavy (non-hydrogen) atoms. The highest BCUT2D eigenvalue weighted by molar-refractivity contribution is 6.24. The van der Waals surface area contributed by atoms with Crippen LogP contribution in [0.1, 0.15) is 27.9 Å². The second-order valence-electron chi connectivity index (χ2n) is 7.88. The van der Waals surface area contributed by atoms with Gasteiger partial charge in [0.15, 0.2) is 11.4 Å². The third-order valence-electron chi connectivity index (χ3n) is 6.45. The number of aliphatic hydroxyl groups excluding tert-OH is 2. The molecule has 0 aromatic heterocycles. The molecule has 0 heterocycles. The van der Waals surface area contributed by atoms with Gasteiger partial charge in [-0.05, 0) is 36.0 Å². The van der Waals surface area contributed by atoms with Crippen LogP contribution in [0.2, 0.25) is 0 Å². The highest BCUT2D eigenvalue weighted by Gasteiger charge is 2.62. The van der Waals surface area contributed by atoms with E-state index in [4.69, 9.17) is 17.2 Å². The molecule has 0 aliphatic heterocycles. The topological polar surface area (TPSA) is 210 Å². The van der Waals surface area contributed by atoms with Crippen molar-refractivity contribution in [3.8, 4) is 5.75 Å². The number of nitrogens with two attached hydrogens (primary N) is 3. The number of amides is 1. The van der Waals surface area contributed by atoms with Crippen molar-refractivity contribution in [2.45, 2.75) is 31.0 Å². The number of aromatic hydroxyl groups is 1. The van der Waals surface area contributed by atoms with Crippen LogP contribution in [0.15, 0.2) is 34.8 Å². The molecule has 2 unspecified atom stereocenters. The molecule has 0 bridgehead atoms. The van der Waals surface area contributed by atoms with Gasteiger partial charge in [0.25, 0.3) is 5.91 Å². The number of allylic oxidation sites excluding steroid dienone is 1. The highest BCUT2D eigenvalue weighted by Crippen LogP contribution is 2.51. The molecule has 1 aromatic rings. The minimum atomic E-state index is -2.70. The zero-order chi connectivity index (χ0) is 22.1. The maximum Gasteiger partial charge on any atom is 0.255 e. The summed E-state index contributed by atoms with van der Waals surface area (Å²) in [6.45, 7) is 0.116. The maximum absolute atomic E-state index is 13.2. The van der Waals surface area contributed by atoms with Crippen LogP contribution in [-0.2, 0) is 22.6 Å². The number of benzene rings is 1. The van der Waals surface area contributed by atoms with E-state index in [0.717, 1.165) is 0 Å². The van der Waals surface area contributed by atoms with Gasteiger partial charge in [0, 0.05) is 18.0 Å². The first-order valence-electron chi connectivity index (χ1n) is 9.33. The number of phenolic OH excluding ortho intramolecular Hbond substituents is 1. The van der Waals surface area contributed by atoms with Gasteiger partial charge >= 0.3 is 0 Å². The number of hydrogen-bond acceptors (Lipinski definition) is 9. The Hall–Kier alpha value is -3.21.